The number of morpholine rings is 1. The van der Waals surface area contributed by atoms with Gasteiger partial charge in [-0.05, 0) is 43.9 Å². The summed E-state index contributed by atoms with van der Waals surface area (Å²) in [5, 5.41) is 0. The van der Waals surface area contributed by atoms with Crippen molar-refractivity contribution in [3.05, 3.63) is 29.8 Å². The number of nitrogens with zero attached hydrogens (tertiary/aromatic N) is 2. The van der Waals surface area contributed by atoms with Crippen molar-refractivity contribution >= 4 is 5.91 Å². The van der Waals surface area contributed by atoms with E-state index >= 15 is 0 Å². The normalized spacial score (nSPS) is 19.0. The van der Waals surface area contributed by atoms with Crippen LogP contribution in [0, 0.1) is 6.92 Å². The summed E-state index contributed by atoms with van der Waals surface area (Å²) in [6.07, 6.45) is 2.80. The van der Waals surface area contributed by atoms with E-state index in [0.717, 1.165) is 83.2 Å². The van der Waals surface area contributed by atoms with Gasteiger partial charge in [-0.25, -0.2) is 0 Å². The molecule has 27 heavy (non-hydrogen) atoms. The van der Waals surface area contributed by atoms with Gasteiger partial charge in [-0.1, -0.05) is 12.1 Å². The first-order chi connectivity index (χ1) is 13.2. The van der Waals surface area contributed by atoms with Crippen LogP contribution in [0.2, 0.25) is 0 Å². The predicted molar refractivity (Wildman–Crippen MR) is 104 cm³/mol. The van der Waals surface area contributed by atoms with Gasteiger partial charge in [0.25, 0.3) is 5.91 Å². The maximum atomic E-state index is 12.9. The van der Waals surface area contributed by atoms with Crippen molar-refractivity contribution in [2.24, 2.45) is 0 Å². The van der Waals surface area contributed by atoms with Crippen LogP contribution in [0.3, 0.4) is 0 Å². The molecule has 2 fully saturated rings. The van der Waals surface area contributed by atoms with Gasteiger partial charge in [-0.15, -0.1) is 0 Å². The molecule has 2 heterocycles. The largest absolute Gasteiger partial charge is 0.484 e. The molecule has 0 unspecified atom stereocenters. The van der Waals surface area contributed by atoms with E-state index in [-0.39, 0.29) is 18.6 Å². The minimum absolute atomic E-state index is 0.0744. The fraction of sp³-hybridized carbons (Fsp3) is 0.667. The Hall–Kier alpha value is -1.63. The van der Waals surface area contributed by atoms with Gasteiger partial charge in [0.05, 0.1) is 13.2 Å². The zero-order valence-corrected chi connectivity index (χ0v) is 16.4. The molecule has 150 valence electrons. The van der Waals surface area contributed by atoms with Crippen molar-refractivity contribution in [3.63, 3.8) is 0 Å². The lowest BCUT2D eigenvalue weighted by Crippen LogP contribution is -2.47. The molecule has 2 aliphatic rings. The van der Waals surface area contributed by atoms with Crippen LogP contribution in [0.4, 0.5) is 0 Å². The predicted octanol–water partition coefficient (Wildman–Crippen LogP) is 2.10. The first-order valence-electron chi connectivity index (χ1n) is 10.1. The van der Waals surface area contributed by atoms with E-state index < -0.39 is 0 Å². The second-order valence-electron chi connectivity index (χ2n) is 7.34. The molecule has 6 heteroatoms. The zero-order chi connectivity index (χ0) is 18.9. The summed E-state index contributed by atoms with van der Waals surface area (Å²) in [6, 6.07) is 8.10. The third kappa shape index (κ3) is 6.48. The molecule has 0 aromatic heterocycles. The summed E-state index contributed by atoms with van der Waals surface area (Å²) < 4.78 is 16.7. The molecule has 0 radical (unpaired) electrons. The number of aryl methyl sites for hydroxylation is 1. The second-order valence-corrected chi connectivity index (χ2v) is 7.34. The van der Waals surface area contributed by atoms with Crippen LogP contribution in [-0.2, 0) is 14.3 Å². The lowest BCUT2D eigenvalue weighted by Gasteiger charge is -2.35. The molecule has 0 saturated carbocycles. The van der Waals surface area contributed by atoms with E-state index in [4.69, 9.17) is 14.2 Å². The number of hydrogen-bond donors (Lipinski definition) is 0. The average molecular weight is 376 g/mol. The molecule has 3 rings (SSSR count). The van der Waals surface area contributed by atoms with Crippen LogP contribution < -0.4 is 4.74 Å². The SMILES string of the molecule is Cc1cccc(OCC(=O)N(CCCN2CCOCC2)C2CCOCC2)c1. The van der Waals surface area contributed by atoms with Crippen LogP contribution in [0.15, 0.2) is 24.3 Å². The highest BCUT2D eigenvalue weighted by molar-refractivity contribution is 5.78. The summed E-state index contributed by atoms with van der Waals surface area (Å²) in [6.45, 7) is 8.97. The average Bonchev–Trinajstić information content (AvgIpc) is 2.71. The van der Waals surface area contributed by atoms with Gasteiger partial charge in [-0.3, -0.25) is 9.69 Å². The Labute approximate surface area is 162 Å². The van der Waals surface area contributed by atoms with Crippen molar-refractivity contribution in [2.45, 2.75) is 32.2 Å². The van der Waals surface area contributed by atoms with Crippen LogP contribution in [0.5, 0.6) is 5.75 Å². The Morgan fingerprint density at radius 1 is 1.19 bits per heavy atom. The number of ether oxygens (including phenoxy) is 3. The summed E-state index contributed by atoms with van der Waals surface area (Å²) in [7, 11) is 0. The van der Waals surface area contributed by atoms with E-state index in [1.165, 1.54) is 0 Å². The number of carbonyl (C=O) groups excluding carboxylic acids is 1. The fourth-order valence-corrected chi connectivity index (χ4v) is 3.73. The molecular weight excluding hydrogens is 344 g/mol. The van der Waals surface area contributed by atoms with E-state index in [9.17, 15) is 4.79 Å². The van der Waals surface area contributed by atoms with Gasteiger partial charge >= 0.3 is 0 Å². The van der Waals surface area contributed by atoms with Gasteiger partial charge in [-0.2, -0.15) is 0 Å². The number of benzene rings is 1. The Balaban J connectivity index is 1.52. The van der Waals surface area contributed by atoms with Crippen LogP contribution in [0.25, 0.3) is 0 Å². The van der Waals surface area contributed by atoms with Gasteiger partial charge in [0.1, 0.15) is 5.75 Å². The van der Waals surface area contributed by atoms with Gasteiger partial charge < -0.3 is 19.1 Å². The molecular formula is C21H32N2O4. The van der Waals surface area contributed by atoms with E-state index in [1.807, 2.05) is 36.1 Å². The van der Waals surface area contributed by atoms with E-state index in [1.54, 1.807) is 0 Å². The molecule has 6 nitrogen and oxygen atoms in total. The first-order valence-corrected chi connectivity index (χ1v) is 10.1. The number of rotatable bonds is 8. The Morgan fingerprint density at radius 2 is 1.93 bits per heavy atom. The maximum Gasteiger partial charge on any atom is 0.260 e. The maximum absolute atomic E-state index is 12.9. The Kier molecular flexibility index (Phi) is 7.93. The number of carbonyl (C=O) groups is 1. The molecule has 1 amide bonds. The van der Waals surface area contributed by atoms with E-state index in [2.05, 4.69) is 4.90 Å². The molecule has 1 aromatic carbocycles. The molecule has 0 aliphatic carbocycles. The van der Waals surface area contributed by atoms with Gasteiger partial charge in [0.2, 0.25) is 0 Å². The van der Waals surface area contributed by atoms with E-state index in [0.29, 0.717) is 0 Å². The third-order valence-electron chi connectivity index (χ3n) is 5.28. The Bertz CT molecular complexity index is 583. The molecule has 2 aliphatic heterocycles. The Morgan fingerprint density at radius 3 is 2.67 bits per heavy atom. The molecule has 1 aromatic rings. The smallest absolute Gasteiger partial charge is 0.260 e. The quantitative estimate of drug-likeness (QED) is 0.696. The van der Waals surface area contributed by atoms with Crippen LogP contribution in [-0.4, -0.2) is 81.0 Å². The highest BCUT2D eigenvalue weighted by Crippen LogP contribution is 2.17. The molecule has 0 bridgehead atoms. The van der Waals surface area contributed by atoms with Crippen molar-refractivity contribution in [2.75, 3.05) is 59.2 Å². The summed E-state index contributed by atoms with van der Waals surface area (Å²) in [5.74, 6) is 0.828. The summed E-state index contributed by atoms with van der Waals surface area (Å²) >= 11 is 0. The molecule has 0 atom stereocenters. The molecule has 0 N–H and O–H groups in total. The molecule has 2 saturated heterocycles. The monoisotopic (exact) mass is 376 g/mol. The van der Waals surface area contributed by atoms with Crippen molar-refractivity contribution in [3.8, 4) is 5.75 Å². The van der Waals surface area contributed by atoms with Gasteiger partial charge in [0, 0.05) is 45.4 Å². The lowest BCUT2D eigenvalue weighted by molar-refractivity contribution is -0.137. The first kappa shape index (κ1) is 20.1. The standard InChI is InChI=1S/C21H32N2O4/c1-18-4-2-5-20(16-18)27-17-21(24)23(19-6-12-25-13-7-19)9-3-8-22-10-14-26-15-11-22/h2,4-5,16,19H,3,6-15,17H2,1H3. The number of hydrogen-bond acceptors (Lipinski definition) is 5. The van der Waals surface area contributed by atoms with Crippen molar-refractivity contribution in [1.29, 1.82) is 0 Å². The third-order valence-corrected chi connectivity index (χ3v) is 5.28. The summed E-state index contributed by atoms with van der Waals surface area (Å²) in [4.78, 5) is 17.4. The zero-order valence-electron chi connectivity index (χ0n) is 16.4. The van der Waals surface area contributed by atoms with Crippen LogP contribution in [0.1, 0.15) is 24.8 Å². The lowest BCUT2D eigenvalue weighted by atomic mass is 10.1. The number of amides is 1. The fourth-order valence-electron chi connectivity index (χ4n) is 3.73. The highest BCUT2D eigenvalue weighted by atomic mass is 16.5. The molecule has 0 spiro atoms. The van der Waals surface area contributed by atoms with Gasteiger partial charge in [0.15, 0.2) is 6.61 Å². The highest BCUT2D eigenvalue weighted by Gasteiger charge is 2.26. The van der Waals surface area contributed by atoms with Crippen molar-refractivity contribution < 1.29 is 19.0 Å². The topological polar surface area (TPSA) is 51.2 Å². The minimum Gasteiger partial charge on any atom is -0.484 e. The summed E-state index contributed by atoms with van der Waals surface area (Å²) in [5.41, 5.74) is 1.13. The minimum atomic E-state index is 0.0744. The second kappa shape index (κ2) is 10.6. The van der Waals surface area contributed by atoms with Crippen molar-refractivity contribution in [1.82, 2.24) is 9.80 Å². The van der Waals surface area contributed by atoms with Crippen LogP contribution >= 0.6 is 0 Å².